The second-order valence-electron chi connectivity index (χ2n) is 5.71. The molecule has 0 N–H and O–H groups in total. The summed E-state index contributed by atoms with van der Waals surface area (Å²) in [5.41, 5.74) is 1.82. The smallest absolute Gasteiger partial charge is 0.143 e. The van der Waals surface area contributed by atoms with Crippen molar-refractivity contribution in [2.75, 3.05) is 7.11 Å². The van der Waals surface area contributed by atoms with Gasteiger partial charge in [-0.05, 0) is 31.4 Å². The van der Waals surface area contributed by atoms with Gasteiger partial charge in [0.25, 0.3) is 0 Å². The van der Waals surface area contributed by atoms with Gasteiger partial charge in [-0.25, -0.2) is 4.98 Å². The molecule has 0 unspecified atom stereocenters. The van der Waals surface area contributed by atoms with Gasteiger partial charge < -0.3 is 9.30 Å². The van der Waals surface area contributed by atoms with Gasteiger partial charge in [-0.2, -0.15) is 0 Å². The highest BCUT2D eigenvalue weighted by atomic mass is 16.5. The first-order valence-corrected chi connectivity index (χ1v) is 7.11. The Morgan fingerprint density at radius 1 is 1.40 bits per heavy atom. The van der Waals surface area contributed by atoms with Crippen LogP contribution in [-0.4, -0.2) is 28.0 Å². The van der Waals surface area contributed by atoms with Crippen molar-refractivity contribution in [1.82, 2.24) is 9.55 Å². The standard InChI is InChI=1S/C16H20N2O2/c1-18-14-7-4-3-6-13(14)17-15(18)10-12(19)11-16(20-2)8-5-9-16/h3-4,6-7H,5,8-11H2,1-2H3. The summed E-state index contributed by atoms with van der Waals surface area (Å²) < 4.78 is 7.53. The number of hydrogen-bond acceptors (Lipinski definition) is 3. The summed E-state index contributed by atoms with van der Waals surface area (Å²) in [7, 11) is 3.68. The van der Waals surface area contributed by atoms with Gasteiger partial charge in [0.05, 0.1) is 23.1 Å². The largest absolute Gasteiger partial charge is 0.378 e. The summed E-state index contributed by atoms with van der Waals surface area (Å²) in [5, 5.41) is 0. The van der Waals surface area contributed by atoms with E-state index in [1.807, 2.05) is 35.9 Å². The molecule has 106 valence electrons. The highest BCUT2D eigenvalue weighted by Crippen LogP contribution is 2.38. The van der Waals surface area contributed by atoms with Crippen LogP contribution in [0.1, 0.15) is 31.5 Å². The zero-order chi connectivity index (χ0) is 14.2. The van der Waals surface area contributed by atoms with E-state index in [2.05, 4.69) is 4.98 Å². The molecular formula is C16H20N2O2. The predicted octanol–water partition coefficient (Wildman–Crippen LogP) is 2.64. The molecule has 0 amide bonds. The molecule has 3 rings (SSSR count). The summed E-state index contributed by atoms with van der Waals surface area (Å²) in [5.74, 6) is 1.05. The molecule has 0 aliphatic heterocycles. The van der Waals surface area contributed by atoms with Crippen molar-refractivity contribution < 1.29 is 9.53 Å². The lowest BCUT2D eigenvalue weighted by molar-refractivity contribution is -0.131. The second-order valence-corrected chi connectivity index (χ2v) is 5.71. The van der Waals surface area contributed by atoms with Gasteiger partial charge in [0.2, 0.25) is 0 Å². The van der Waals surface area contributed by atoms with Crippen LogP contribution in [0.15, 0.2) is 24.3 Å². The van der Waals surface area contributed by atoms with E-state index >= 15 is 0 Å². The predicted molar refractivity (Wildman–Crippen MR) is 77.6 cm³/mol. The zero-order valence-corrected chi connectivity index (χ0v) is 12.1. The number of carbonyl (C=O) groups excluding carboxylic acids is 1. The number of methoxy groups -OCH3 is 1. The Morgan fingerprint density at radius 3 is 2.75 bits per heavy atom. The fourth-order valence-corrected chi connectivity index (χ4v) is 2.98. The SMILES string of the molecule is COC1(CC(=O)Cc2nc3ccccc3n2C)CCC1. The molecule has 20 heavy (non-hydrogen) atoms. The van der Waals surface area contributed by atoms with E-state index in [1.54, 1.807) is 7.11 Å². The van der Waals surface area contributed by atoms with E-state index in [0.29, 0.717) is 12.8 Å². The molecule has 1 heterocycles. The Labute approximate surface area is 118 Å². The molecule has 1 saturated carbocycles. The molecule has 1 aliphatic carbocycles. The van der Waals surface area contributed by atoms with Gasteiger partial charge in [-0.1, -0.05) is 12.1 Å². The number of hydrogen-bond donors (Lipinski definition) is 0. The molecule has 1 aromatic carbocycles. The number of rotatable bonds is 5. The lowest BCUT2D eigenvalue weighted by Crippen LogP contribution is -2.41. The Kier molecular flexibility index (Phi) is 3.34. The number of para-hydroxylation sites is 2. The van der Waals surface area contributed by atoms with Crippen LogP contribution in [0, 0.1) is 0 Å². The molecule has 0 bridgehead atoms. The first-order chi connectivity index (χ1) is 9.63. The van der Waals surface area contributed by atoms with E-state index in [4.69, 9.17) is 4.74 Å². The van der Waals surface area contributed by atoms with E-state index in [-0.39, 0.29) is 11.4 Å². The summed E-state index contributed by atoms with van der Waals surface area (Å²) in [6.07, 6.45) is 4.05. The molecule has 0 atom stereocenters. The average molecular weight is 272 g/mol. The molecule has 1 aromatic heterocycles. The van der Waals surface area contributed by atoms with Gasteiger partial charge in [-0.3, -0.25) is 4.79 Å². The molecule has 0 spiro atoms. The van der Waals surface area contributed by atoms with Gasteiger partial charge in [0.15, 0.2) is 0 Å². The van der Waals surface area contributed by atoms with Crippen molar-refractivity contribution in [2.24, 2.45) is 7.05 Å². The Hall–Kier alpha value is -1.68. The van der Waals surface area contributed by atoms with E-state index in [9.17, 15) is 4.79 Å². The maximum Gasteiger partial charge on any atom is 0.143 e. The average Bonchev–Trinajstić information content (AvgIpc) is 2.71. The van der Waals surface area contributed by atoms with E-state index in [0.717, 1.165) is 36.1 Å². The highest BCUT2D eigenvalue weighted by Gasteiger charge is 2.38. The van der Waals surface area contributed by atoms with Crippen molar-refractivity contribution in [3.63, 3.8) is 0 Å². The normalized spacial score (nSPS) is 17.1. The van der Waals surface area contributed by atoms with Crippen molar-refractivity contribution >= 4 is 16.8 Å². The third kappa shape index (κ3) is 2.24. The second kappa shape index (κ2) is 5.02. The maximum atomic E-state index is 12.3. The van der Waals surface area contributed by atoms with Gasteiger partial charge in [0, 0.05) is 20.6 Å². The fraction of sp³-hybridized carbons (Fsp3) is 0.500. The lowest BCUT2D eigenvalue weighted by atomic mass is 9.76. The van der Waals surface area contributed by atoms with Gasteiger partial charge in [-0.15, -0.1) is 0 Å². The number of ether oxygens (including phenoxy) is 1. The summed E-state index contributed by atoms with van der Waals surface area (Å²) in [6, 6.07) is 7.96. The van der Waals surface area contributed by atoms with Crippen molar-refractivity contribution in [2.45, 2.75) is 37.7 Å². The van der Waals surface area contributed by atoms with Crippen LogP contribution in [0.25, 0.3) is 11.0 Å². The molecule has 4 heteroatoms. The number of imidazole rings is 1. The summed E-state index contributed by atoms with van der Waals surface area (Å²) in [4.78, 5) is 16.8. The summed E-state index contributed by atoms with van der Waals surface area (Å²) in [6.45, 7) is 0. The minimum absolute atomic E-state index is 0.193. The number of aromatic nitrogens is 2. The monoisotopic (exact) mass is 272 g/mol. The quantitative estimate of drug-likeness (QED) is 0.840. The minimum atomic E-state index is -0.193. The number of carbonyl (C=O) groups is 1. The molecule has 4 nitrogen and oxygen atoms in total. The number of benzene rings is 1. The van der Waals surface area contributed by atoms with E-state index in [1.165, 1.54) is 0 Å². The Bertz CT molecular complexity index is 635. The van der Waals surface area contributed by atoms with Crippen molar-refractivity contribution in [3.05, 3.63) is 30.1 Å². The van der Waals surface area contributed by atoms with E-state index < -0.39 is 0 Å². The number of aryl methyl sites for hydroxylation is 1. The fourth-order valence-electron chi connectivity index (χ4n) is 2.98. The Morgan fingerprint density at radius 2 is 2.15 bits per heavy atom. The number of nitrogens with zero attached hydrogens (tertiary/aromatic N) is 2. The van der Waals surface area contributed by atoms with Crippen LogP contribution in [0.2, 0.25) is 0 Å². The number of Topliss-reactive ketones (excluding diaryl/α,β-unsaturated/α-hetero) is 1. The van der Waals surface area contributed by atoms with Crippen molar-refractivity contribution in [1.29, 1.82) is 0 Å². The molecule has 0 radical (unpaired) electrons. The third-order valence-electron chi connectivity index (χ3n) is 4.45. The first-order valence-electron chi connectivity index (χ1n) is 7.11. The Balaban J connectivity index is 1.76. The summed E-state index contributed by atoms with van der Waals surface area (Å²) >= 11 is 0. The molecule has 0 saturated heterocycles. The van der Waals surface area contributed by atoms with Crippen LogP contribution in [-0.2, 0) is 23.0 Å². The van der Waals surface area contributed by atoms with Crippen molar-refractivity contribution in [3.8, 4) is 0 Å². The van der Waals surface area contributed by atoms with Gasteiger partial charge >= 0.3 is 0 Å². The van der Waals surface area contributed by atoms with Crippen LogP contribution in [0.4, 0.5) is 0 Å². The molecule has 2 aromatic rings. The lowest BCUT2D eigenvalue weighted by Gasteiger charge is -2.40. The molecule has 1 fully saturated rings. The number of fused-ring (bicyclic) bond motifs is 1. The maximum absolute atomic E-state index is 12.3. The van der Waals surface area contributed by atoms with Crippen LogP contribution in [0.3, 0.4) is 0 Å². The van der Waals surface area contributed by atoms with Crippen LogP contribution >= 0.6 is 0 Å². The topological polar surface area (TPSA) is 44.1 Å². The minimum Gasteiger partial charge on any atom is -0.378 e. The van der Waals surface area contributed by atoms with Crippen LogP contribution in [0.5, 0.6) is 0 Å². The molecular weight excluding hydrogens is 252 g/mol. The zero-order valence-electron chi connectivity index (χ0n) is 12.1. The van der Waals surface area contributed by atoms with Gasteiger partial charge in [0.1, 0.15) is 11.6 Å². The van der Waals surface area contributed by atoms with Crippen LogP contribution < -0.4 is 0 Å². The third-order valence-corrected chi connectivity index (χ3v) is 4.45. The highest BCUT2D eigenvalue weighted by molar-refractivity contribution is 5.83. The first kappa shape index (κ1) is 13.3. The molecule has 1 aliphatic rings. The number of ketones is 1.